The lowest BCUT2D eigenvalue weighted by molar-refractivity contribution is 0.0974. The Kier molecular flexibility index (Phi) is 4.33. The van der Waals surface area contributed by atoms with Crippen LogP contribution in [0.15, 0.2) is 51.6 Å². The fraction of sp³-hybridized carbons (Fsp3) is 0.176. The first kappa shape index (κ1) is 15.8. The number of furan rings is 1. The van der Waals surface area contributed by atoms with Crippen LogP contribution in [0.25, 0.3) is 0 Å². The third kappa shape index (κ3) is 3.15. The number of hydrogen-bond donors (Lipinski definition) is 0. The van der Waals surface area contributed by atoms with Crippen LogP contribution in [0.2, 0.25) is 0 Å². The molecule has 0 spiro atoms. The SMILES string of the molecule is COc1ccc(N(Cc2ccco2)C(=O)c2cc(C)on2)cc1F. The van der Waals surface area contributed by atoms with Gasteiger partial charge in [-0.15, -0.1) is 0 Å². The third-order valence-corrected chi connectivity index (χ3v) is 3.43. The number of ether oxygens (including phenoxy) is 1. The first-order chi connectivity index (χ1) is 11.6. The molecule has 7 heteroatoms. The van der Waals surface area contributed by atoms with E-state index in [1.807, 2.05) is 0 Å². The fourth-order valence-corrected chi connectivity index (χ4v) is 2.27. The van der Waals surface area contributed by atoms with Gasteiger partial charge in [-0.1, -0.05) is 5.16 Å². The number of carbonyl (C=O) groups excluding carboxylic acids is 1. The van der Waals surface area contributed by atoms with Crippen molar-refractivity contribution in [2.45, 2.75) is 13.5 Å². The molecular weight excluding hydrogens is 315 g/mol. The van der Waals surface area contributed by atoms with E-state index >= 15 is 0 Å². The molecule has 0 saturated carbocycles. The highest BCUT2D eigenvalue weighted by molar-refractivity contribution is 6.04. The first-order valence-corrected chi connectivity index (χ1v) is 7.19. The van der Waals surface area contributed by atoms with Crippen molar-refractivity contribution < 1.29 is 22.9 Å². The predicted molar refractivity (Wildman–Crippen MR) is 83.4 cm³/mol. The Hall–Kier alpha value is -3.09. The van der Waals surface area contributed by atoms with Gasteiger partial charge in [0.25, 0.3) is 5.91 Å². The van der Waals surface area contributed by atoms with Crippen molar-refractivity contribution >= 4 is 11.6 Å². The molecule has 2 aromatic heterocycles. The van der Waals surface area contributed by atoms with Gasteiger partial charge in [0.15, 0.2) is 17.3 Å². The summed E-state index contributed by atoms with van der Waals surface area (Å²) in [6.07, 6.45) is 1.51. The zero-order valence-electron chi connectivity index (χ0n) is 13.2. The second-order valence-corrected chi connectivity index (χ2v) is 5.11. The lowest BCUT2D eigenvalue weighted by atomic mass is 10.2. The Bertz CT molecular complexity index is 842. The number of hydrogen-bond acceptors (Lipinski definition) is 5. The Labute approximate surface area is 137 Å². The Morgan fingerprint density at radius 1 is 1.33 bits per heavy atom. The van der Waals surface area contributed by atoms with E-state index in [0.717, 1.165) is 0 Å². The molecule has 0 saturated heterocycles. The van der Waals surface area contributed by atoms with Crippen LogP contribution in [0.3, 0.4) is 0 Å². The van der Waals surface area contributed by atoms with Crippen LogP contribution in [0.4, 0.5) is 10.1 Å². The molecule has 24 heavy (non-hydrogen) atoms. The van der Waals surface area contributed by atoms with Crippen LogP contribution in [0.1, 0.15) is 22.0 Å². The molecule has 1 amide bonds. The molecule has 0 atom stereocenters. The number of aromatic nitrogens is 1. The van der Waals surface area contributed by atoms with Gasteiger partial charge in [0.05, 0.1) is 19.9 Å². The number of nitrogens with zero attached hydrogens (tertiary/aromatic N) is 2. The minimum absolute atomic E-state index is 0.0985. The quantitative estimate of drug-likeness (QED) is 0.715. The number of methoxy groups -OCH3 is 1. The largest absolute Gasteiger partial charge is 0.494 e. The van der Waals surface area contributed by atoms with Crippen molar-refractivity contribution in [3.05, 3.63) is 65.7 Å². The van der Waals surface area contributed by atoms with Crippen LogP contribution in [0, 0.1) is 12.7 Å². The molecule has 0 unspecified atom stereocenters. The number of carbonyl (C=O) groups is 1. The van der Waals surface area contributed by atoms with Crippen LogP contribution >= 0.6 is 0 Å². The molecular formula is C17H15FN2O4. The summed E-state index contributed by atoms with van der Waals surface area (Å²) in [4.78, 5) is 14.1. The lowest BCUT2D eigenvalue weighted by Gasteiger charge is -2.21. The average Bonchev–Trinajstić information content (AvgIpc) is 3.23. The summed E-state index contributed by atoms with van der Waals surface area (Å²) in [5.41, 5.74) is 0.491. The number of amides is 1. The first-order valence-electron chi connectivity index (χ1n) is 7.19. The van der Waals surface area contributed by atoms with E-state index in [4.69, 9.17) is 13.7 Å². The van der Waals surface area contributed by atoms with Crippen molar-refractivity contribution in [1.82, 2.24) is 5.16 Å². The summed E-state index contributed by atoms with van der Waals surface area (Å²) >= 11 is 0. The van der Waals surface area contributed by atoms with Gasteiger partial charge in [0, 0.05) is 17.8 Å². The number of rotatable bonds is 5. The van der Waals surface area contributed by atoms with Crippen molar-refractivity contribution in [2.24, 2.45) is 0 Å². The summed E-state index contributed by atoms with van der Waals surface area (Å²) < 4.78 is 29.2. The highest BCUT2D eigenvalue weighted by atomic mass is 19.1. The maximum Gasteiger partial charge on any atom is 0.280 e. The van der Waals surface area contributed by atoms with E-state index in [1.165, 1.54) is 36.5 Å². The van der Waals surface area contributed by atoms with Gasteiger partial charge >= 0.3 is 0 Å². The highest BCUT2D eigenvalue weighted by Crippen LogP contribution is 2.26. The standard InChI is InChI=1S/C17H15FN2O4/c1-11-8-15(19-24-11)17(21)20(10-13-4-3-7-23-13)12-5-6-16(22-2)14(18)9-12/h3-9H,10H2,1-2H3. The maximum atomic E-state index is 14.0. The van der Waals surface area contributed by atoms with Gasteiger partial charge < -0.3 is 13.7 Å². The molecule has 3 rings (SSSR count). The van der Waals surface area contributed by atoms with Crippen LogP contribution in [0.5, 0.6) is 5.75 Å². The van der Waals surface area contributed by atoms with Gasteiger partial charge in [0.2, 0.25) is 0 Å². The maximum absolute atomic E-state index is 14.0. The summed E-state index contributed by atoms with van der Waals surface area (Å²) in [6.45, 7) is 1.82. The molecule has 0 aliphatic carbocycles. The molecule has 0 N–H and O–H groups in total. The number of anilines is 1. The average molecular weight is 330 g/mol. The molecule has 0 fully saturated rings. The predicted octanol–water partition coefficient (Wildman–Crippen LogP) is 3.57. The van der Waals surface area contributed by atoms with Gasteiger partial charge in [-0.25, -0.2) is 4.39 Å². The molecule has 2 heterocycles. The van der Waals surface area contributed by atoms with E-state index in [-0.39, 0.29) is 18.0 Å². The number of aryl methyl sites for hydroxylation is 1. The smallest absolute Gasteiger partial charge is 0.280 e. The van der Waals surface area contributed by atoms with Crippen LogP contribution in [-0.2, 0) is 6.54 Å². The van der Waals surface area contributed by atoms with Crippen molar-refractivity contribution in [1.29, 1.82) is 0 Å². The van der Waals surface area contributed by atoms with Gasteiger partial charge in [0.1, 0.15) is 11.5 Å². The van der Waals surface area contributed by atoms with Crippen molar-refractivity contribution in [3.63, 3.8) is 0 Å². The normalized spacial score (nSPS) is 10.6. The van der Waals surface area contributed by atoms with E-state index in [1.54, 1.807) is 25.1 Å². The highest BCUT2D eigenvalue weighted by Gasteiger charge is 2.23. The van der Waals surface area contributed by atoms with E-state index in [9.17, 15) is 9.18 Å². The molecule has 0 radical (unpaired) electrons. The molecule has 1 aromatic carbocycles. The van der Waals surface area contributed by atoms with E-state index in [0.29, 0.717) is 17.2 Å². The zero-order valence-corrected chi connectivity index (χ0v) is 13.2. The van der Waals surface area contributed by atoms with E-state index < -0.39 is 11.7 Å². The number of benzene rings is 1. The monoisotopic (exact) mass is 330 g/mol. The summed E-state index contributed by atoms with van der Waals surface area (Å²) in [7, 11) is 1.38. The molecule has 3 aromatic rings. The van der Waals surface area contributed by atoms with Crippen LogP contribution < -0.4 is 9.64 Å². The molecule has 0 bridgehead atoms. The Morgan fingerprint density at radius 2 is 2.17 bits per heavy atom. The lowest BCUT2D eigenvalue weighted by Crippen LogP contribution is -2.30. The molecule has 6 nitrogen and oxygen atoms in total. The zero-order chi connectivity index (χ0) is 17.1. The van der Waals surface area contributed by atoms with Crippen molar-refractivity contribution in [3.8, 4) is 5.75 Å². The molecule has 0 aliphatic heterocycles. The summed E-state index contributed by atoms with van der Waals surface area (Å²) in [6, 6.07) is 9.25. The summed E-state index contributed by atoms with van der Waals surface area (Å²) in [5.74, 6) is 0.176. The third-order valence-electron chi connectivity index (χ3n) is 3.43. The topological polar surface area (TPSA) is 68.7 Å². The van der Waals surface area contributed by atoms with Gasteiger partial charge in [-0.2, -0.15) is 0 Å². The fourth-order valence-electron chi connectivity index (χ4n) is 2.27. The minimum atomic E-state index is -0.566. The Balaban J connectivity index is 1.98. The molecule has 124 valence electrons. The van der Waals surface area contributed by atoms with E-state index in [2.05, 4.69) is 5.16 Å². The van der Waals surface area contributed by atoms with Gasteiger partial charge in [-0.3, -0.25) is 9.69 Å². The second kappa shape index (κ2) is 6.57. The second-order valence-electron chi connectivity index (χ2n) is 5.11. The van der Waals surface area contributed by atoms with Gasteiger partial charge in [-0.05, 0) is 31.2 Å². The Morgan fingerprint density at radius 3 is 2.75 bits per heavy atom. The van der Waals surface area contributed by atoms with Crippen molar-refractivity contribution in [2.75, 3.05) is 12.0 Å². The number of halogens is 1. The minimum Gasteiger partial charge on any atom is -0.494 e. The summed E-state index contributed by atoms with van der Waals surface area (Å²) in [5, 5.41) is 3.73. The molecule has 0 aliphatic rings. The van der Waals surface area contributed by atoms with Crippen LogP contribution in [-0.4, -0.2) is 18.2 Å².